The number of hydrogen-bond donors (Lipinski definition) is 1. The van der Waals surface area contributed by atoms with Crippen molar-refractivity contribution in [2.75, 3.05) is 0 Å². The lowest BCUT2D eigenvalue weighted by atomic mass is 9.85. The van der Waals surface area contributed by atoms with E-state index in [0.29, 0.717) is 0 Å². The van der Waals surface area contributed by atoms with Crippen LogP contribution in [-0.4, -0.2) is 16.2 Å². The summed E-state index contributed by atoms with van der Waals surface area (Å²) in [5, 5.41) is 8.55. The van der Waals surface area contributed by atoms with Gasteiger partial charge < -0.3 is 9.84 Å². The van der Waals surface area contributed by atoms with Crippen LogP contribution in [0.3, 0.4) is 0 Å². The van der Waals surface area contributed by atoms with Gasteiger partial charge in [-0.3, -0.25) is 0 Å². The second kappa shape index (κ2) is 7.88. The third kappa shape index (κ3) is 5.19. The summed E-state index contributed by atoms with van der Waals surface area (Å²) in [6, 6.07) is 3.64. The highest BCUT2D eigenvalue weighted by Gasteiger charge is 2.12. The van der Waals surface area contributed by atoms with Gasteiger partial charge in [0, 0.05) is 12.3 Å². The fourth-order valence-corrected chi connectivity index (χ4v) is 2.99. The van der Waals surface area contributed by atoms with Crippen LogP contribution in [-0.2, 0) is 6.42 Å². The van der Waals surface area contributed by atoms with Gasteiger partial charge >= 0.3 is 6.16 Å². The minimum atomic E-state index is -1.31. The van der Waals surface area contributed by atoms with Gasteiger partial charge in [-0.05, 0) is 30.4 Å². The number of nitrogens with zero attached hydrogens (tertiary/aromatic N) is 1. The Morgan fingerprint density at radius 1 is 1.30 bits per heavy atom. The maximum Gasteiger partial charge on any atom is 0.512 e. The first kappa shape index (κ1) is 14.8. The minimum Gasteiger partial charge on any atom is -0.449 e. The zero-order valence-corrected chi connectivity index (χ0v) is 11.9. The molecule has 0 unspecified atom stereocenters. The second-order valence-corrected chi connectivity index (χ2v) is 5.62. The maximum atomic E-state index is 10.5. The van der Waals surface area contributed by atoms with Crippen LogP contribution in [0.2, 0.25) is 0 Å². The monoisotopic (exact) mass is 277 g/mol. The molecule has 0 radical (unpaired) electrons. The molecule has 0 aromatic carbocycles. The van der Waals surface area contributed by atoms with Gasteiger partial charge in [-0.15, -0.1) is 0 Å². The predicted octanol–water partition coefficient (Wildman–Crippen LogP) is 4.43. The van der Waals surface area contributed by atoms with E-state index in [-0.39, 0.29) is 5.88 Å². The van der Waals surface area contributed by atoms with Crippen molar-refractivity contribution in [3.05, 3.63) is 23.9 Å². The largest absolute Gasteiger partial charge is 0.512 e. The van der Waals surface area contributed by atoms with Crippen LogP contribution in [0.5, 0.6) is 5.88 Å². The fraction of sp³-hybridized carbons (Fsp3) is 0.625. The Morgan fingerprint density at radius 2 is 2.10 bits per heavy atom. The molecule has 1 saturated carbocycles. The highest BCUT2D eigenvalue weighted by molar-refractivity contribution is 5.60. The molecule has 0 bridgehead atoms. The molecule has 20 heavy (non-hydrogen) atoms. The van der Waals surface area contributed by atoms with Crippen LogP contribution >= 0.6 is 0 Å². The van der Waals surface area contributed by atoms with E-state index < -0.39 is 6.16 Å². The SMILES string of the molecule is O=C(O)Oc1cc(CCCCC2CCCCC2)ccn1. The van der Waals surface area contributed by atoms with Gasteiger partial charge in [0.15, 0.2) is 0 Å². The van der Waals surface area contributed by atoms with E-state index >= 15 is 0 Å². The first-order chi connectivity index (χ1) is 9.74. The van der Waals surface area contributed by atoms with Crippen molar-refractivity contribution in [3.63, 3.8) is 0 Å². The highest BCUT2D eigenvalue weighted by atomic mass is 16.7. The van der Waals surface area contributed by atoms with Crippen molar-refractivity contribution in [3.8, 4) is 5.88 Å². The molecule has 1 aromatic rings. The van der Waals surface area contributed by atoms with Crippen LogP contribution in [0, 0.1) is 5.92 Å². The average Bonchev–Trinajstić information content (AvgIpc) is 2.44. The number of carboxylic acid groups (broad SMARTS) is 1. The lowest BCUT2D eigenvalue weighted by Crippen LogP contribution is -2.06. The first-order valence-corrected chi connectivity index (χ1v) is 7.60. The van der Waals surface area contributed by atoms with Gasteiger partial charge in [-0.25, -0.2) is 9.78 Å². The Bertz CT molecular complexity index is 427. The molecule has 1 heterocycles. The average molecular weight is 277 g/mol. The van der Waals surface area contributed by atoms with Crippen LogP contribution in [0.25, 0.3) is 0 Å². The molecule has 1 aliphatic carbocycles. The van der Waals surface area contributed by atoms with Gasteiger partial charge in [0.25, 0.3) is 0 Å². The van der Waals surface area contributed by atoms with E-state index in [1.54, 1.807) is 12.3 Å². The third-order valence-corrected chi connectivity index (χ3v) is 4.04. The van der Waals surface area contributed by atoms with E-state index in [0.717, 1.165) is 24.3 Å². The normalized spacial score (nSPS) is 16.0. The number of hydrogen-bond acceptors (Lipinski definition) is 3. The van der Waals surface area contributed by atoms with Gasteiger partial charge in [-0.1, -0.05) is 44.9 Å². The standard InChI is InChI=1S/C16H23NO3/c18-16(19)20-15-12-14(10-11-17-15)9-5-4-8-13-6-2-1-3-7-13/h10-13H,1-9H2,(H,18,19). The van der Waals surface area contributed by atoms with E-state index in [1.165, 1.54) is 44.9 Å². The van der Waals surface area contributed by atoms with Crippen molar-refractivity contribution in [2.24, 2.45) is 5.92 Å². The molecular formula is C16H23NO3. The third-order valence-electron chi connectivity index (χ3n) is 4.04. The molecule has 4 nitrogen and oxygen atoms in total. The molecular weight excluding hydrogens is 254 g/mol. The summed E-state index contributed by atoms with van der Waals surface area (Å²) in [4.78, 5) is 14.3. The van der Waals surface area contributed by atoms with Crippen molar-refractivity contribution in [1.82, 2.24) is 4.98 Å². The molecule has 0 spiro atoms. The molecule has 0 saturated heterocycles. The van der Waals surface area contributed by atoms with Crippen molar-refractivity contribution < 1.29 is 14.6 Å². The zero-order chi connectivity index (χ0) is 14.2. The van der Waals surface area contributed by atoms with Gasteiger partial charge in [0.1, 0.15) is 0 Å². The molecule has 110 valence electrons. The molecule has 4 heteroatoms. The quantitative estimate of drug-likeness (QED) is 0.617. The Morgan fingerprint density at radius 3 is 2.85 bits per heavy atom. The number of aromatic nitrogens is 1. The molecule has 1 fully saturated rings. The summed E-state index contributed by atoms with van der Waals surface area (Å²) in [5.74, 6) is 1.11. The Labute approximate surface area is 120 Å². The maximum absolute atomic E-state index is 10.5. The van der Waals surface area contributed by atoms with E-state index in [4.69, 9.17) is 5.11 Å². The summed E-state index contributed by atoms with van der Waals surface area (Å²) >= 11 is 0. The van der Waals surface area contributed by atoms with Gasteiger partial charge in [-0.2, -0.15) is 0 Å². The summed E-state index contributed by atoms with van der Waals surface area (Å²) in [6.45, 7) is 0. The molecule has 1 N–H and O–H groups in total. The molecule has 0 amide bonds. The Hall–Kier alpha value is -1.58. The van der Waals surface area contributed by atoms with Gasteiger partial charge in [0.05, 0.1) is 0 Å². The lowest BCUT2D eigenvalue weighted by molar-refractivity contribution is 0.142. The Balaban J connectivity index is 1.69. The number of rotatable bonds is 6. The number of ether oxygens (including phenoxy) is 1. The number of aryl methyl sites for hydroxylation is 1. The smallest absolute Gasteiger partial charge is 0.449 e. The molecule has 0 atom stereocenters. The van der Waals surface area contributed by atoms with Crippen LogP contribution in [0.1, 0.15) is 56.9 Å². The first-order valence-electron chi connectivity index (χ1n) is 7.60. The minimum absolute atomic E-state index is 0.169. The number of pyridine rings is 1. The van der Waals surface area contributed by atoms with E-state index in [9.17, 15) is 4.79 Å². The highest BCUT2D eigenvalue weighted by Crippen LogP contribution is 2.28. The molecule has 1 aliphatic rings. The topological polar surface area (TPSA) is 59.4 Å². The van der Waals surface area contributed by atoms with Gasteiger partial charge in [0.2, 0.25) is 5.88 Å². The Kier molecular flexibility index (Phi) is 5.84. The molecule has 1 aromatic heterocycles. The van der Waals surface area contributed by atoms with Crippen molar-refractivity contribution >= 4 is 6.16 Å². The number of unbranched alkanes of at least 4 members (excludes halogenated alkanes) is 1. The summed E-state index contributed by atoms with van der Waals surface area (Å²) in [5.41, 5.74) is 1.10. The van der Waals surface area contributed by atoms with Crippen molar-refractivity contribution in [1.29, 1.82) is 0 Å². The lowest BCUT2D eigenvalue weighted by Gasteiger charge is -2.21. The van der Waals surface area contributed by atoms with E-state index in [1.807, 2.05) is 6.07 Å². The predicted molar refractivity (Wildman–Crippen MR) is 77.0 cm³/mol. The fourth-order valence-electron chi connectivity index (χ4n) is 2.99. The number of carbonyl (C=O) groups is 1. The summed E-state index contributed by atoms with van der Waals surface area (Å²) in [7, 11) is 0. The van der Waals surface area contributed by atoms with Crippen molar-refractivity contribution in [2.45, 2.75) is 57.8 Å². The van der Waals surface area contributed by atoms with E-state index in [2.05, 4.69) is 9.72 Å². The molecule has 0 aliphatic heterocycles. The van der Waals surface area contributed by atoms with Crippen LogP contribution < -0.4 is 4.74 Å². The second-order valence-electron chi connectivity index (χ2n) is 5.62. The summed E-state index contributed by atoms with van der Waals surface area (Å²) in [6.07, 6.45) is 12.0. The van der Waals surface area contributed by atoms with Crippen LogP contribution in [0.15, 0.2) is 18.3 Å². The van der Waals surface area contributed by atoms with Crippen LogP contribution in [0.4, 0.5) is 4.79 Å². The zero-order valence-electron chi connectivity index (χ0n) is 11.9. The summed E-state index contributed by atoms with van der Waals surface area (Å²) < 4.78 is 4.56. The molecule has 2 rings (SSSR count).